The molecule has 1 heterocycles. The molecular weight excluding hydrogens is 418 g/mol. The van der Waals surface area contributed by atoms with Crippen LogP contribution in [0.5, 0.6) is 0 Å². The van der Waals surface area contributed by atoms with Gasteiger partial charge in [0, 0.05) is 18.3 Å². The van der Waals surface area contributed by atoms with Crippen LogP contribution in [0.4, 0.5) is 0 Å². The van der Waals surface area contributed by atoms with Crippen LogP contribution in [0, 0.1) is 5.92 Å². The molecule has 1 amide bonds. The van der Waals surface area contributed by atoms with Crippen molar-refractivity contribution in [3.8, 4) is 0 Å². The van der Waals surface area contributed by atoms with E-state index in [0.717, 1.165) is 38.0 Å². The van der Waals surface area contributed by atoms with Crippen molar-refractivity contribution in [2.75, 3.05) is 12.3 Å². The zero-order valence-corrected chi connectivity index (χ0v) is 22.3. The van der Waals surface area contributed by atoms with Crippen LogP contribution in [-0.4, -0.2) is 47.7 Å². The first-order valence-electron chi connectivity index (χ1n) is 12.5. The van der Waals surface area contributed by atoms with E-state index in [9.17, 15) is 9.59 Å². The van der Waals surface area contributed by atoms with Crippen LogP contribution in [0.3, 0.4) is 0 Å². The number of rotatable bonds is 9. The molecule has 0 radical (unpaired) electrons. The average Bonchev–Trinajstić information content (AvgIpc) is 3.29. The zero-order valence-electron chi connectivity index (χ0n) is 21.5. The number of hydrogen-bond acceptors (Lipinski definition) is 5. The standard InChI is InChI=1S/C13H24N2O.C9H13NOS.2C2H6/c1-2-3-8-14-13(16)12-9-10-6-4-5-7-11(10)15-12;1-4-6-12-9(7-11)10-8(3)5-2;2*1-2/h10-12,15H,2-9H2,1H3,(H,14,16);4-5,7-8H,1-2,6H2,3H3;2*1-2H3/t10?,11-,12?;;;/m0.../s1. The lowest BCUT2D eigenvalue weighted by atomic mass is 9.85. The molecule has 2 rings (SSSR count). The lowest BCUT2D eigenvalue weighted by Crippen LogP contribution is -2.43. The van der Waals surface area contributed by atoms with E-state index in [0.29, 0.717) is 16.8 Å². The predicted octanol–water partition coefficient (Wildman–Crippen LogP) is 5.95. The second-order valence-corrected chi connectivity index (χ2v) is 8.45. The fourth-order valence-electron chi connectivity index (χ4n) is 3.53. The summed E-state index contributed by atoms with van der Waals surface area (Å²) in [6.07, 6.45) is 12.7. The molecule has 0 aromatic heterocycles. The minimum atomic E-state index is 0.00233. The van der Waals surface area contributed by atoms with Crippen molar-refractivity contribution in [3.05, 3.63) is 25.3 Å². The monoisotopic (exact) mass is 467 g/mol. The van der Waals surface area contributed by atoms with Crippen LogP contribution >= 0.6 is 11.8 Å². The molecule has 1 saturated carbocycles. The van der Waals surface area contributed by atoms with Gasteiger partial charge in [0.25, 0.3) is 0 Å². The van der Waals surface area contributed by atoms with E-state index in [2.05, 4.69) is 35.7 Å². The van der Waals surface area contributed by atoms with Crippen molar-refractivity contribution in [1.29, 1.82) is 0 Å². The minimum Gasteiger partial charge on any atom is -0.355 e. The maximum Gasteiger partial charge on any atom is 0.237 e. The lowest BCUT2D eigenvalue weighted by molar-refractivity contribution is -0.122. The molecule has 2 N–H and O–H groups in total. The van der Waals surface area contributed by atoms with Crippen LogP contribution in [0.1, 0.15) is 86.5 Å². The summed E-state index contributed by atoms with van der Waals surface area (Å²) < 4.78 is 0. The lowest BCUT2D eigenvalue weighted by Gasteiger charge is -2.24. The molecular formula is C26H49N3O2S. The molecule has 1 aliphatic carbocycles. The number of nitrogens with one attached hydrogen (secondary N) is 2. The molecule has 3 unspecified atom stereocenters. The van der Waals surface area contributed by atoms with Gasteiger partial charge in [-0.25, -0.2) is 0 Å². The summed E-state index contributed by atoms with van der Waals surface area (Å²) in [6, 6.07) is 0.711. The predicted molar refractivity (Wildman–Crippen MR) is 144 cm³/mol. The molecule has 0 bridgehead atoms. The highest BCUT2D eigenvalue weighted by molar-refractivity contribution is 8.15. The molecule has 0 spiro atoms. The largest absolute Gasteiger partial charge is 0.355 e. The molecule has 0 aromatic rings. The second-order valence-electron chi connectivity index (χ2n) is 7.41. The van der Waals surface area contributed by atoms with E-state index < -0.39 is 0 Å². The summed E-state index contributed by atoms with van der Waals surface area (Å²) in [4.78, 5) is 26.4. The van der Waals surface area contributed by atoms with E-state index in [1.54, 1.807) is 12.2 Å². The van der Waals surface area contributed by atoms with Gasteiger partial charge in [0.05, 0.1) is 12.1 Å². The number of thioether (sulfide) groups is 1. The number of aliphatic imine (C=N–C) groups is 1. The number of carbonyl (C=O) groups is 2. The first kappa shape index (κ1) is 32.8. The number of carbonyl (C=O) groups excluding carboxylic acids is 2. The van der Waals surface area contributed by atoms with Gasteiger partial charge in [-0.15, -0.1) is 13.2 Å². The van der Waals surface area contributed by atoms with Gasteiger partial charge < -0.3 is 10.6 Å². The Hall–Kier alpha value is -1.40. The Morgan fingerprint density at radius 3 is 2.41 bits per heavy atom. The second kappa shape index (κ2) is 22.8. The maximum absolute atomic E-state index is 11.9. The van der Waals surface area contributed by atoms with Gasteiger partial charge in [-0.3, -0.25) is 14.6 Å². The normalized spacial score (nSPS) is 22.2. The summed E-state index contributed by atoms with van der Waals surface area (Å²) in [5, 5.41) is 7.04. The van der Waals surface area contributed by atoms with E-state index in [4.69, 9.17) is 0 Å². The summed E-state index contributed by atoms with van der Waals surface area (Å²) in [7, 11) is 0. The van der Waals surface area contributed by atoms with Gasteiger partial charge in [0.2, 0.25) is 5.91 Å². The third-order valence-electron chi connectivity index (χ3n) is 5.13. The Bertz CT molecular complexity index is 523. The molecule has 0 aromatic carbocycles. The van der Waals surface area contributed by atoms with Crippen LogP contribution in [0.25, 0.3) is 0 Å². The third kappa shape index (κ3) is 14.6. The molecule has 186 valence electrons. The van der Waals surface area contributed by atoms with Gasteiger partial charge in [-0.1, -0.05) is 77.8 Å². The molecule has 1 aliphatic heterocycles. The summed E-state index contributed by atoms with van der Waals surface area (Å²) >= 11 is 1.38. The van der Waals surface area contributed by atoms with Gasteiger partial charge in [0.1, 0.15) is 5.04 Å². The highest BCUT2D eigenvalue weighted by Gasteiger charge is 2.37. The number of amides is 1. The Labute approximate surface area is 202 Å². The Balaban J connectivity index is 0. The number of aldehydes is 1. The first-order chi connectivity index (χ1) is 15.5. The molecule has 2 fully saturated rings. The molecule has 4 atom stereocenters. The van der Waals surface area contributed by atoms with Gasteiger partial charge in [0.15, 0.2) is 6.29 Å². The summed E-state index contributed by atoms with van der Waals surface area (Å²) in [5.74, 6) is 1.69. The van der Waals surface area contributed by atoms with E-state index >= 15 is 0 Å². The number of fused-ring (bicyclic) bond motifs is 1. The van der Waals surface area contributed by atoms with Crippen LogP contribution in [0.2, 0.25) is 0 Å². The molecule has 6 heteroatoms. The van der Waals surface area contributed by atoms with Crippen molar-refractivity contribution in [2.45, 2.75) is 105 Å². The quantitative estimate of drug-likeness (QED) is 0.144. The zero-order chi connectivity index (χ0) is 24.8. The smallest absolute Gasteiger partial charge is 0.237 e. The van der Waals surface area contributed by atoms with E-state index in [-0.39, 0.29) is 18.0 Å². The number of unbranched alkanes of at least 4 members (excludes halogenated alkanes) is 1. The summed E-state index contributed by atoms with van der Waals surface area (Å²) in [5.41, 5.74) is 0. The number of nitrogens with zero attached hydrogens (tertiary/aromatic N) is 1. The Morgan fingerprint density at radius 2 is 1.88 bits per heavy atom. The van der Waals surface area contributed by atoms with Crippen molar-refractivity contribution in [1.82, 2.24) is 10.6 Å². The SMILES string of the molecule is C=CCSC(C=O)=NC(C)C=C.CC.CC.CCCCNC(=O)C1CC2CCCC[C@@H]2N1. The highest BCUT2D eigenvalue weighted by Crippen LogP contribution is 2.33. The first-order valence-corrected chi connectivity index (χ1v) is 13.5. The molecule has 2 aliphatic rings. The van der Waals surface area contributed by atoms with Crippen molar-refractivity contribution in [3.63, 3.8) is 0 Å². The molecule has 5 nitrogen and oxygen atoms in total. The Morgan fingerprint density at radius 1 is 1.22 bits per heavy atom. The van der Waals surface area contributed by atoms with Crippen molar-refractivity contribution < 1.29 is 9.59 Å². The van der Waals surface area contributed by atoms with E-state index in [1.807, 2.05) is 34.6 Å². The number of hydrogen-bond donors (Lipinski definition) is 2. The molecule has 1 saturated heterocycles. The maximum atomic E-state index is 11.9. The minimum absolute atomic E-state index is 0.00233. The van der Waals surface area contributed by atoms with Gasteiger partial charge >= 0.3 is 0 Å². The Kier molecular flexibility index (Phi) is 23.3. The van der Waals surface area contributed by atoms with Crippen molar-refractivity contribution >= 4 is 29.0 Å². The highest BCUT2D eigenvalue weighted by atomic mass is 32.2. The molecule has 32 heavy (non-hydrogen) atoms. The van der Waals surface area contributed by atoms with Crippen LogP contribution in [0.15, 0.2) is 30.3 Å². The average molecular weight is 468 g/mol. The summed E-state index contributed by atoms with van der Waals surface area (Å²) in [6.45, 7) is 20.0. The van der Waals surface area contributed by atoms with Crippen LogP contribution < -0.4 is 10.6 Å². The fraction of sp³-hybridized carbons (Fsp3) is 0.731. The van der Waals surface area contributed by atoms with Gasteiger partial charge in [-0.2, -0.15) is 0 Å². The fourth-order valence-corrected chi connectivity index (χ4v) is 4.13. The van der Waals surface area contributed by atoms with Crippen molar-refractivity contribution in [2.24, 2.45) is 10.9 Å². The topological polar surface area (TPSA) is 70.6 Å². The third-order valence-corrected chi connectivity index (χ3v) is 6.03. The van der Waals surface area contributed by atoms with Gasteiger partial charge in [-0.05, 0) is 38.5 Å². The van der Waals surface area contributed by atoms with E-state index in [1.165, 1.54) is 37.4 Å². The van der Waals surface area contributed by atoms with Crippen LogP contribution in [-0.2, 0) is 9.59 Å².